The predicted molar refractivity (Wildman–Crippen MR) is 79.5 cm³/mol. The molecule has 0 aliphatic rings. The Morgan fingerprint density at radius 1 is 1.05 bits per heavy atom. The van der Waals surface area contributed by atoms with E-state index < -0.39 is 0 Å². The molecule has 0 saturated carbocycles. The summed E-state index contributed by atoms with van der Waals surface area (Å²) in [7, 11) is 0. The average molecular weight is 315 g/mol. The van der Waals surface area contributed by atoms with Crippen molar-refractivity contribution in [1.82, 2.24) is 15.0 Å². The largest absolute Gasteiger partial charge is 0.352 e. The van der Waals surface area contributed by atoms with E-state index >= 15 is 0 Å². The Labute approximate surface area is 119 Å². The van der Waals surface area contributed by atoms with Crippen LogP contribution in [0.25, 0.3) is 11.0 Å². The lowest BCUT2D eigenvalue weighted by Crippen LogP contribution is -1.97. The van der Waals surface area contributed by atoms with Gasteiger partial charge in [-0.3, -0.25) is 15.0 Å². The third-order valence-electron chi connectivity index (χ3n) is 2.82. The smallest absolute Gasteiger partial charge is 0.112 e. The van der Waals surface area contributed by atoms with Gasteiger partial charge < -0.3 is 5.32 Å². The van der Waals surface area contributed by atoms with E-state index in [2.05, 4.69) is 36.2 Å². The lowest BCUT2D eigenvalue weighted by atomic mass is 10.2. The normalized spacial score (nSPS) is 10.6. The van der Waals surface area contributed by atoms with Crippen LogP contribution < -0.4 is 5.32 Å². The third kappa shape index (κ3) is 2.42. The van der Waals surface area contributed by atoms with E-state index in [4.69, 9.17) is 0 Å². The van der Waals surface area contributed by atoms with Crippen molar-refractivity contribution in [3.8, 4) is 0 Å². The summed E-state index contributed by atoms with van der Waals surface area (Å²) in [4.78, 5) is 13.0. The molecule has 0 aromatic carbocycles. The van der Waals surface area contributed by atoms with Crippen LogP contribution in [-0.2, 0) is 0 Å². The van der Waals surface area contributed by atoms with Crippen molar-refractivity contribution in [3.05, 3.63) is 53.0 Å². The topological polar surface area (TPSA) is 50.7 Å². The highest BCUT2D eigenvalue weighted by molar-refractivity contribution is 9.10. The van der Waals surface area contributed by atoms with Gasteiger partial charge >= 0.3 is 0 Å². The fraction of sp³-hybridized carbons (Fsp3) is 0.0714. The number of pyridine rings is 3. The van der Waals surface area contributed by atoms with Crippen LogP contribution in [-0.4, -0.2) is 15.0 Å². The SMILES string of the molecule is Cc1ncccc1Nc1ccnc2cc(Br)cnc12. The van der Waals surface area contributed by atoms with E-state index in [-0.39, 0.29) is 0 Å². The summed E-state index contributed by atoms with van der Waals surface area (Å²) in [5.74, 6) is 0. The lowest BCUT2D eigenvalue weighted by Gasteiger charge is -2.10. The standard InChI is InChI=1S/C14H11BrN4/c1-9-11(3-2-5-16-9)19-12-4-6-17-13-7-10(15)8-18-14(12)13/h2-8H,1H3,(H,17,19). The van der Waals surface area contributed by atoms with E-state index in [9.17, 15) is 0 Å². The van der Waals surface area contributed by atoms with Crippen LogP contribution >= 0.6 is 15.9 Å². The molecule has 0 spiro atoms. The van der Waals surface area contributed by atoms with Gasteiger partial charge in [-0.2, -0.15) is 0 Å². The second-order valence-electron chi connectivity index (χ2n) is 4.14. The summed E-state index contributed by atoms with van der Waals surface area (Å²) < 4.78 is 0.919. The minimum atomic E-state index is 0.842. The molecule has 4 nitrogen and oxygen atoms in total. The van der Waals surface area contributed by atoms with Crippen LogP contribution in [0.5, 0.6) is 0 Å². The molecular formula is C14H11BrN4. The number of hydrogen-bond donors (Lipinski definition) is 1. The zero-order valence-corrected chi connectivity index (χ0v) is 11.8. The molecule has 94 valence electrons. The summed E-state index contributed by atoms with van der Waals surface area (Å²) in [6.45, 7) is 1.97. The van der Waals surface area contributed by atoms with Crippen LogP contribution in [0.2, 0.25) is 0 Å². The number of nitrogens with one attached hydrogen (secondary N) is 1. The van der Waals surface area contributed by atoms with Gasteiger partial charge in [0, 0.05) is 23.1 Å². The third-order valence-corrected chi connectivity index (χ3v) is 3.25. The Bertz CT molecular complexity index is 742. The van der Waals surface area contributed by atoms with Gasteiger partial charge in [0.15, 0.2) is 0 Å². The van der Waals surface area contributed by atoms with Crippen LogP contribution in [0.15, 0.2) is 47.3 Å². The van der Waals surface area contributed by atoms with Gasteiger partial charge in [-0.15, -0.1) is 0 Å². The van der Waals surface area contributed by atoms with Crippen molar-refractivity contribution in [2.45, 2.75) is 6.92 Å². The summed E-state index contributed by atoms with van der Waals surface area (Å²) >= 11 is 3.40. The molecule has 0 unspecified atom stereocenters. The molecule has 3 heterocycles. The molecule has 0 amide bonds. The van der Waals surface area contributed by atoms with Gasteiger partial charge in [0.25, 0.3) is 0 Å². The summed E-state index contributed by atoms with van der Waals surface area (Å²) in [5, 5.41) is 3.35. The summed E-state index contributed by atoms with van der Waals surface area (Å²) in [6.07, 6.45) is 5.32. The zero-order chi connectivity index (χ0) is 13.2. The molecule has 0 aliphatic carbocycles. The number of aryl methyl sites for hydroxylation is 1. The highest BCUT2D eigenvalue weighted by Crippen LogP contribution is 2.25. The molecule has 0 bridgehead atoms. The van der Waals surface area contributed by atoms with Gasteiger partial charge in [-0.1, -0.05) is 0 Å². The van der Waals surface area contributed by atoms with E-state index in [0.29, 0.717) is 0 Å². The van der Waals surface area contributed by atoms with E-state index in [1.54, 1.807) is 18.6 Å². The zero-order valence-electron chi connectivity index (χ0n) is 10.3. The Morgan fingerprint density at radius 3 is 2.79 bits per heavy atom. The number of aromatic nitrogens is 3. The number of anilines is 2. The van der Waals surface area contributed by atoms with Gasteiger partial charge in [0.2, 0.25) is 0 Å². The number of fused-ring (bicyclic) bond motifs is 1. The number of halogens is 1. The van der Waals surface area contributed by atoms with Crippen LogP contribution in [0.3, 0.4) is 0 Å². The first-order chi connectivity index (χ1) is 9.24. The first-order valence-electron chi connectivity index (χ1n) is 5.83. The fourth-order valence-electron chi connectivity index (χ4n) is 1.87. The van der Waals surface area contributed by atoms with Crippen molar-refractivity contribution in [2.75, 3.05) is 5.32 Å². The van der Waals surface area contributed by atoms with Gasteiger partial charge in [0.1, 0.15) is 5.52 Å². The molecule has 1 N–H and O–H groups in total. The number of nitrogens with zero attached hydrogens (tertiary/aromatic N) is 3. The van der Waals surface area contributed by atoms with Crippen molar-refractivity contribution in [3.63, 3.8) is 0 Å². The van der Waals surface area contributed by atoms with Crippen molar-refractivity contribution >= 4 is 38.3 Å². The molecule has 0 radical (unpaired) electrons. The average Bonchev–Trinajstić information content (AvgIpc) is 2.41. The molecule has 3 rings (SSSR count). The van der Waals surface area contributed by atoms with Crippen molar-refractivity contribution < 1.29 is 0 Å². The molecule has 0 atom stereocenters. The Balaban J connectivity index is 2.09. The maximum Gasteiger partial charge on any atom is 0.112 e. The quantitative estimate of drug-likeness (QED) is 0.780. The van der Waals surface area contributed by atoms with Gasteiger partial charge in [-0.25, -0.2) is 0 Å². The van der Waals surface area contributed by atoms with Crippen LogP contribution in [0.1, 0.15) is 5.69 Å². The lowest BCUT2D eigenvalue weighted by molar-refractivity contribution is 1.20. The maximum atomic E-state index is 4.41. The molecule has 3 aromatic rings. The highest BCUT2D eigenvalue weighted by atomic mass is 79.9. The molecule has 0 saturated heterocycles. The number of hydrogen-bond acceptors (Lipinski definition) is 4. The predicted octanol–water partition coefficient (Wildman–Crippen LogP) is 3.84. The first kappa shape index (κ1) is 12.0. The van der Waals surface area contributed by atoms with E-state index in [1.807, 2.05) is 31.2 Å². The van der Waals surface area contributed by atoms with Gasteiger partial charge in [-0.05, 0) is 47.1 Å². The molecule has 3 aromatic heterocycles. The Kier molecular flexibility index (Phi) is 3.13. The van der Waals surface area contributed by atoms with Crippen molar-refractivity contribution in [1.29, 1.82) is 0 Å². The highest BCUT2D eigenvalue weighted by Gasteiger charge is 2.05. The molecule has 0 fully saturated rings. The number of rotatable bonds is 2. The Morgan fingerprint density at radius 2 is 1.95 bits per heavy atom. The van der Waals surface area contributed by atoms with Crippen LogP contribution in [0, 0.1) is 6.92 Å². The Hall–Kier alpha value is -2.01. The maximum absolute atomic E-state index is 4.41. The fourth-order valence-corrected chi connectivity index (χ4v) is 2.19. The summed E-state index contributed by atoms with van der Waals surface area (Å²) in [6, 6.07) is 7.76. The minimum absolute atomic E-state index is 0.842. The summed E-state index contributed by atoms with van der Waals surface area (Å²) in [5.41, 5.74) is 4.53. The van der Waals surface area contributed by atoms with E-state index in [0.717, 1.165) is 32.6 Å². The molecule has 19 heavy (non-hydrogen) atoms. The monoisotopic (exact) mass is 314 g/mol. The molecule has 0 aliphatic heterocycles. The first-order valence-corrected chi connectivity index (χ1v) is 6.62. The van der Waals surface area contributed by atoms with Crippen molar-refractivity contribution in [2.24, 2.45) is 0 Å². The van der Waals surface area contributed by atoms with Gasteiger partial charge in [0.05, 0.1) is 22.6 Å². The van der Waals surface area contributed by atoms with Crippen LogP contribution in [0.4, 0.5) is 11.4 Å². The molecule has 5 heteroatoms. The second kappa shape index (κ2) is 4.93. The minimum Gasteiger partial charge on any atom is -0.352 e. The molecular weight excluding hydrogens is 304 g/mol. The second-order valence-corrected chi connectivity index (χ2v) is 5.06. The van der Waals surface area contributed by atoms with E-state index in [1.165, 1.54) is 0 Å².